The molecule has 0 bridgehead atoms. The molecule has 3 rings (SSSR count). The Bertz CT molecular complexity index is 945. The van der Waals surface area contributed by atoms with E-state index in [2.05, 4.69) is 25.1 Å². The Morgan fingerprint density at radius 1 is 0.923 bits per heavy atom. The number of aromatic nitrogens is 2. The molecule has 5 N–H and O–H groups in total. The SMILES string of the molecule is CO/N=C(/N)c1ccc(-c2ccc(-c3ccc(/C(N)=N/O)cn3)o2)nc1. The van der Waals surface area contributed by atoms with Crippen molar-refractivity contribution in [3.05, 3.63) is 59.9 Å². The standard InChI is InChI=1S/C17H16N6O3/c1-25-23-17(19)11-3-5-13(21-9-11)15-7-6-14(26-15)12-4-2-10(8-20-12)16(18)22-24/h2-9,24H,1H3,(H2,18,22)(H2,19,23). The molecule has 26 heavy (non-hydrogen) atoms. The molecule has 0 aliphatic carbocycles. The molecule has 0 saturated heterocycles. The van der Waals surface area contributed by atoms with Crippen molar-refractivity contribution in [3.8, 4) is 22.9 Å². The van der Waals surface area contributed by atoms with Crippen molar-refractivity contribution >= 4 is 11.7 Å². The third-order valence-electron chi connectivity index (χ3n) is 3.53. The Hall–Kier alpha value is -3.88. The summed E-state index contributed by atoms with van der Waals surface area (Å²) in [5.74, 6) is 1.37. The van der Waals surface area contributed by atoms with Gasteiger partial charge in [-0.25, -0.2) is 0 Å². The molecule has 132 valence electrons. The van der Waals surface area contributed by atoms with E-state index in [0.29, 0.717) is 34.0 Å². The minimum absolute atomic E-state index is 0.00948. The van der Waals surface area contributed by atoms with Crippen molar-refractivity contribution in [2.24, 2.45) is 21.8 Å². The summed E-state index contributed by atoms with van der Waals surface area (Å²) in [7, 11) is 1.42. The lowest BCUT2D eigenvalue weighted by molar-refractivity contribution is 0.213. The summed E-state index contributed by atoms with van der Waals surface area (Å²) in [4.78, 5) is 13.2. The second kappa shape index (κ2) is 7.34. The van der Waals surface area contributed by atoms with Crippen LogP contribution in [0.2, 0.25) is 0 Å². The van der Waals surface area contributed by atoms with E-state index < -0.39 is 0 Å². The highest BCUT2D eigenvalue weighted by molar-refractivity contribution is 5.97. The maximum atomic E-state index is 8.68. The summed E-state index contributed by atoms with van der Waals surface area (Å²) in [6, 6.07) is 10.5. The summed E-state index contributed by atoms with van der Waals surface area (Å²) in [5, 5.41) is 15.3. The van der Waals surface area contributed by atoms with Crippen molar-refractivity contribution in [1.82, 2.24) is 9.97 Å². The number of hydrogen-bond acceptors (Lipinski definition) is 7. The second-order valence-corrected chi connectivity index (χ2v) is 5.17. The molecule has 0 aliphatic rings. The van der Waals surface area contributed by atoms with Gasteiger partial charge in [0.15, 0.2) is 23.2 Å². The van der Waals surface area contributed by atoms with E-state index in [4.69, 9.17) is 21.1 Å². The summed E-state index contributed by atoms with van der Waals surface area (Å²) in [5.41, 5.74) is 13.7. The number of rotatable bonds is 5. The Balaban J connectivity index is 1.82. The molecule has 0 aromatic carbocycles. The molecule has 3 heterocycles. The number of nitrogens with two attached hydrogens (primary N) is 2. The van der Waals surface area contributed by atoms with Crippen LogP contribution < -0.4 is 11.5 Å². The van der Waals surface area contributed by atoms with Crippen LogP contribution in [-0.4, -0.2) is 34.0 Å². The highest BCUT2D eigenvalue weighted by Crippen LogP contribution is 2.26. The molecule has 3 aromatic heterocycles. The lowest BCUT2D eigenvalue weighted by atomic mass is 10.2. The average molecular weight is 352 g/mol. The molecule has 0 atom stereocenters. The molecule has 3 aromatic rings. The number of nitrogens with zero attached hydrogens (tertiary/aromatic N) is 4. The van der Waals surface area contributed by atoms with Gasteiger partial charge in [-0.15, -0.1) is 0 Å². The molecule has 0 unspecified atom stereocenters. The van der Waals surface area contributed by atoms with Gasteiger partial charge >= 0.3 is 0 Å². The van der Waals surface area contributed by atoms with E-state index in [1.165, 1.54) is 13.3 Å². The van der Waals surface area contributed by atoms with Crippen molar-refractivity contribution < 1.29 is 14.5 Å². The van der Waals surface area contributed by atoms with Gasteiger partial charge in [-0.3, -0.25) is 9.97 Å². The first-order valence-corrected chi connectivity index (χ1v) is 7.50. The highest BCUT2D eigenvalue weighted by atomic mass is 16.6. The van der Waals surface area contributed by atoms with Gasteiger partial charge in [0, 0.05) is 23.5 Å². The van der Waals surface area contributed by atoms with Gasteiger partial charge in [-0.2, -0.15) is 0 Å². The minimum atomic E-state index is -0.00948. The lowest BCUT2D eigenvalue weighted by Gasteiger charge is -2.02. The second-order valence-electron chi connectivity index (χ2n) is 5.17. The van der Waals surface area contributed by atoms with Gasteiger partial charge < -0.3 is 25.9 Å². The summed E-state index contributed by atoms with van der Waals surface area (Å²) < 4.78 is 5.81. The van der Waals surface area contributed by atoms with Crippen LogP contribution in [0.5, 0.6) is 0 Å². The predicted molar refractivity (Wildman–Crippen MR) is 95.4 cm³/mol. The van der Waals surface area contributed by atoms with Gasteiger partial charge in [0.2, 0.25) is 0 Å². The fourth-order valence-electron chi connectivity index (χ4n) is 2.20. The number of hydrogen-bond donors (Lipinski definition) is 3. The van der Waals surface area contributed by atoms with E-state index in [1.807, 2.05) is 0 Å². The van der Waals surface area contributed by atoms with E-state index >= 15 is 0 Å². The summed E-state index contributed by atoms with van der Waals surface area (Å²) in [6.07, 6.45) is 3.08. The van der Waals surface area contributed by atoms with Gasteiger partial charge in [0.1, 0.15) is 18.5 Å². The van der Waals surface area contributed by atoms with Crippen LogP contribution in [0.25, 0.3) is 22.9 Å². The average Bonchev–Trinajstić information content (AvgIpc) is 3.18. The monoisotopic (exact) mass is 352 g/mol. The number of furan rings is 1. The topological polar surface area (TPSA) is 145 Å². The van der Waals surface area contributed by atoms with E-state index in [0.717, 1.165) is 0 Å². The van der Waals surface area contributed by atoms with Crippen LogP contribution >= 0.6 is 0 Å². The van der Waals surface area contributed by atoms with E-state index in [-0.39, 0.29) is 11.7 Å². The van der Waals surface area contributed by atoms with E-state index in [9.17, 15) is 0 Å². The minimum Gasteiger partial charge on any atom is -0.453 e. The smallest absolute Gasteiger partial charge is 0.171 e. The van der Waals surface area contributed by atoms with Gasteiger partial charge in [-0.1, -0.05) is 10.3 Å². The molecular weight excluding hydrogens is 336 g/mol. The van der Waals surface area contributed by atoms with Gasteiger partial charge in [0.05, 0.1) is 0 Å². The quantitative estimate of drug-likeness (QED) is 0.274. The van der Waals surface area contributed by atoms with E-state index in [1.54, 1.807) is 42.6 Å². The van der Waals surface area contributed by atoms with Crippen LogP contribution in [0.3, 0.4) is 0 Å². The zero-order valence-corrected chi connectivity index (χ0v) is 13.8. The third-order valence-corrected chi connectivity index (χ3v) is 3.53. The van der Waals surface area contributed by atoms with Crippen molar-refractivity contribution in [3.63, 3.8) is 0 Å². The molecule has 9 heteroatoms. The first-order chi connectivity index (χ1) is 12.6. The zero-order chi connectivity index (χ0) is 18.5. The molecule has 9 nitrogen and oxygen atoms in total. The predicted octanol–water partition coefficient (Wildman–Crippen LogP) is 1.76. The lowest BCUT2D eigenvalue weighted by Crippen LogP contribution is -2.13. The van der Waals surface area contributed by atoms with Crippen molar-refractivity contribution in [1.29, 1.82) is 0 Å². The van der Waals surface area contributed by atoms with Crippen molar-refractivity contribution in [2.45, 2.75) is 0 Å². The Labute approximate surface area is 148 Å². The fraction of sp³-hybridized carbons (Fsp3) is 0.0588. The maximum Gasteiger partial charge on any atom is 0.171 e. The Kier molecular flexibility index (Phi) is 4.79. The summed E-state index contributed by atoms with van der Waals surface area (Å²) >= 11 is 0. The van der Waals surface area contributed by atoms with Gasteiger partial charge in [-0.05, 0) is 36.4 Å². The molecule has 0 spiro atoms. The molecular formula is C17H16N6O3. The van der Waals surface area contributed by atoms with Crippen molar-refractivity contribution in [2.75, 3.05) is 7.11 Å². The first-order valence-electron chi connectivity index (χ1n) is 7.50. The molecule has 0 fully saturated rings. The van der Waals surface area contributed by atoms with Crippen LogP contribution in [0.15, 0.2) is 63.5 Å². The normalized spacial score (nSPS) is 12.2. The third kappa shape index (κ3) is 3.46. The van der Waals surface area contributed by atoms with Crippen LogP contribution in [0.1, 0.15) is 11.1 Å². The van der Waals surface area contributed by atoms with Crippen LogP contribution in [0.4, 0.5) is 0 Å². The molecule has 0 saturated carbocycles. The first kappa shape index (κ1) is 17.0. The van der Waals surface area contributed by atoms with Crippen LogP contribution in [0, 0.1) is 0 Å². The summed E-state index contributed by atoms with van der Waals surface area (Å²) in [6.45, 7) is 0. The molecule has 0 aliphatic heterocycles. The zero-order valence-electron chi connectivity index (χ0n) is 13.8. The highest BCUT2D eigenvalue weighted by Gasteiger charge is 2.10. The Morgan fingerprint density at radius 3 is 1.88 bits per heavy atom. The Morgan fingerprint density at radius 2 is 1.46 bits per heavy atom. The number of oxime groups is 2. The van der Waals surface area contributed by atoms with Gasteiger partial charge in [0.25, 0.3) is 0 Å². The molecule has 0 radical (unpaired) electrons. The molecule has 0 amide bonds. The number of pyridine rings is 2. The number of amidine groups is 2. The largest absolute Gasteiger partial charge is 0.453 e. The fourth-order valence-corrected chi connectivity index (χ4v) is 2.20. The maximum absolute atomic E-state index is 8.68. The van der Waals surface area contributed by atoms with Crippen LogP contribution in [-0.2, 0) is 4.84 Å².